The minimum Gasteiger partial charge on any atom is -0.310 e. The van der Waals surface area contributed by atoms with E-state index in [9.17, 15) is 0 Å². The maximum Gasteiger partial charge on any atom is 0.0554 e. The summed E-state index contributed by atoms with van der Waals surface area (Å²) in [6, 6.07) is 80.9. The highest BCUT2D eigenvalue weighted by Crippen LogP contribution is 2.48. The Bertz CT molecular complexity index is 3140. The van der Waals surface area contributed by atoms with E-state index in [1.807, 2.05) is 22.7 Å². The van der Waals surface area contributed by atoms with Gasteiger partial charge in [0.25, 0.3) is 0 Å². The number of hydrogen-bond donors (Lipinski definition) is 0. The van der Waals surface area contributed by atoms with Crippen molar-refractivity contribution in [1.82, 2.24) is 0 Å². The van der Waals surface area contributed by atoms with Crippen molar-refractivity contribution in [3.8, 4) is 0 Å². The van der Waals surface area contributed by atoms with Crippen LogP contribution in [-0.4, -0.2) is 0 Å². The number of nitrogens with zero attached hydrogens (tertiary/aromatic N) is 3. The molecule has 280 valence electrons. The molecular formula is C54H37N3S2. The zero-order valence-electron chi connectivity index (χ0n) is 32.0. The normalized spacial score (nSPS) is 11.4. The first-order chi connectivity index (χ1) is 29.3. The SMILES string of the molecule is c1ccc(N(c2ccccc2)c2ccc3sc4cc(N(c5ccccc5)c5ccc6sc7cccc(N(c8ccccc8)c8ccccc8)c7c6c5)ccc4c3c2)cc1. The van der Waals surface area contributed by atoms with Crippen molar-refractivity contribution in [1.29, 1.82) is 0 Å². The Morgan fingerprint density at radius 1 is 0.237 bits per heavy atom. The third-order valence-electron chi connectivity index (χ3n) is 11.0. The predicted molar refractivity (Wildman–Crippen MR) is 256 cm³/mol. The highest BCUT2D eigenvalue weighted by Gasteiger charge is 2.21. The molecule has 59 heavy (non-hydrogen) atoms. The van der Waals surface area contributed by atoms with E-state index in [1.165, 1.54) is 46.0 Å². The number of fused-ring (bicyclic) bond motifs is 6. The smallest absolute Gasteiger partial charge is 0.0554 e. The van der Waals surface area contributed by atoms with Crippen LogP contribution in [0.3, 0.4) is 0 Å². The molecule has 0 unspecified atom stereocenters. The highest BCUT2D eigenvalue weighted by molar-refractivity contribution is 7.26. The van der Waals surface area contributed by atoms with Crippen molar-refractivity contribution in [2.24, 2.45) is 0 Å². The van der Waals surface area contributed by atoms with E-state index >= 15 is 0 Å². The van der Waals surface area contributed by atoms with Crippen LogP contribution >= 0.6 is 22.7 Å². The van der Waals surface area contributed by atoms with Gasteiger partial charge in [0.05, 0.1) is 5.69 Å². The van der Waals surface area contributed by atoms with E-state index in [0.29, 0.717) is 0 Å². The van der Waals surface area contributed by atoms with E-state index in [2.05, 4.69) is 239 Å². The summed E-state index contributed by atoms with van der Waals surface area (Å²) in [6.45, 7) is 0. The molecule has 0 atom stereocenters. The summed E-state index contributed by atoms with van der Waals surface area (Å²) in [5.74, 6) is 0. The molecule has 5 heteroatoms. The van der Waals surface area contributed by atoms with Gasteiger partial charge in [-0.2, -0.15) is 0 Å². The number of benzene rings is 9. The van der Waals surface area contributed by atoms with Crippen molar-refractivity contribution in [2.75, 3.05) is 14.7 Å². The summed E-state index contributed by atoms with van der Waals surface area (Å²) in [7, 11) is 0. The molecule has 11 rings (SSSR count). The molecule has 0 amide bonds. The van der Waals surface area contributed by atoms with Gasteiger partial charge in [-0.3, -0.25) is 0 Å². The number of anilines is 9. The van der Waals surface area contributed by atoms with Gasteiger partial charge in [0.15, 0.2) is 0 Å². The van der Waals surface area contributed by atoms with Crippen LogP contribution in [0.5, 0.6) is 0 Å². The molecule has 0 radical (unpaired) electrons. The first-order valence-corrected chi connectivity index (χ1v) is 21.5. The Hall–Kier alpha value is -7.18. The van der Waals surface area contributed by atoms with Gasteiger partial charge in [0, 0.05) is 85.8 Å². The van der Waals surface area contributed by atoms with Crippen LogP contribution in [-0.2, 0) is 0 Å². The quantitative estimate of drug-likeness (QED) is 0.144. The fourth-order valence-electron chi connectivity index (χ4n) is 8.36. The predicted octanol–water partition coefficient (Wildman–Crippen LogP) is 16.8. The molecule has 0 bridgehead atoms. The minimum absolute atomic E-state index is 1.12. The molecule has 0 saturated carbocycles. The maximum absolute atomic E-state index is 2.40. The second kappa shape index (κ2) is 15.0. The monoisotopic (exact) mass is 791 g/mol. The van der Waals surface area contributed by atoms with Crippen molar-refractivity contribution in [3.05, 3.63) is 224 Å². The molecule has 0 fully saturated rings. The van der Waals surface area contributed by atoms with Crippen LogP contribution in [0.1, 0.15) is 0 Å². The summed E-state index contributed by atoms with van der Waals surface area (Å²) in [6.07, 6.45) is 0. The molecule has 3 nitrogen and oxygen atoms in total. The van der Waals surface area contributed by atoms with Crippen molar-refractivity contribution in [2.45, 2.75) is 0 Å². The summed E-state index contributed by atoms with van der Waals surface area (Å²) < 4.78 is 5.06. The Balaban J connectivity index is 1.05. The van der Waals surface area contributed by atoms with Gasteiger partial charge in [-0.05, 0) is 121 Å². The van der Waals surface area contributed by atoms with Gasteiger partial charge < -0.3 is 14.7 Å². The molecule has 9 aromatic carbocycles. The lowest BCUT2D eigenvalue weighted by molar-refractivity contribution is 1.29. The Morgan fingerprint density at radius 3 is 1.17 bits per heavy atom. The maximum atomic E-state index is 2.40. The molecular weight excluding hydrogens is 755 g/mol. The second-order valence-corrected chi connectivity index (χ2v) is 16.7. The van der Waals surface area contributed by atoms with E-state index in [1.54, 1.807) is 0 Å². The molecule has 2 aromatic heterocycles. The number of rotatable bonds is 9. The van der Waals surface area contributed by atoms with Crippen LogP contribution in [0.4, 0.5) is 51.2 Å². The molecule has 11 aromatic rings. The molecule has 0 N–H and O–H groups in total. The highest BCUT2D eigenvalue weighted by atomic mass is 32.1. The van der Waals surface area contributed by atoms with E-state index in [-0.39, 0.29) is 0 Å². The lowest BCUT2D eigenvalue weighted by Crippen LogP contribution is -2.10. The third kappa shape index (κ3) is 6.38. The first kappa shape index (κ1) is 35.0. The van der Waals surface area contributed by atoms with Crippen LogP contribution in [0.15, 0.2) is 224 Å². The Morgan fingerprint density at radius 2 is 0.644 bits per heavy atom. The topological polar surface area (TPSA) is 9.72 Å². The third-order valence-corrected chi connectivity index (χ3v) is 13.3. The zero-order valence-corrected chi connectivity index (χ0v) is 33.7. The van der Waals surface area contributed by atoms with Gasteiger partial charge in [0.1, 0.15) is 0 Å². The summed E-state index contributed by atoms with van der Waals surface area (Å²) in [4.78, 5) is 7.12. The van der Waals surface area contributed by atoms with Crippen molar-refractivity contribution in [3.63, 3.8) is 0 Å². The minimum atomic E-state index is 1.12. The summed E-state index contributed by atoms with van der Waals surface area (Å²) in [5, 5.41) is 5.02. The van der Waals surface area contributed by atoms with E-state index in [0.717, 1.165) is 45.5 Å². The molecule has 0 aliphatic rings. The van der Waals surface area contributed by atoms with Crippen LogP contribution in [0, 0.1) is 0 Å². The standard InChI is InChI=1S/C54H37N3S2/c1-6-17-38(18-7-1)55(39-19-8-2-9-20-39)43-30-33-50-47(35-43)46-32-29-45(37-53(46)59-50)56(40-21-10-3-11-22-40)44-31-34-51-48(36-44)54-49(27-16-28-52(54)58-51)57(41-23-12-4-13-24-41)42-25-14-5-15-26-42/h1-37H. The Kier molecular flexibility index (Phi) is 8.88. The van der Waals surface area contributed by atoms with E-state index in [4.69, 9.17) is 0 Å². The molecule has 2 heterocycles. The first-order valence-electron chi connectivity index (χ1n) is 19.8. The van der Waals surface area contributed by atoms with Crippen LogP contribution in [0.25, 0.3) is 40.3 Å². The molecule has 0 aliphatic carbocycles. The molecule has 0 aliphatic heterocycles. The zero-order chi connectivity index (χ0) is 39.1. The van der Waals surface area contributed by atoms with Gasteiger partial charge in [-0.15, -0.1) is 22.7 Å². The number of para-hydroxylation sites is 5. The largest absolute Gasteiger partial charge is 0.310 e. The van der Waals surface area contributed by atoms with Crippen LogP contribution in [0.2, 0.25) is 0 Å². The van der Waals surface area contributed by atoms with Crippen LogP contribution < -0.4 is 14.7 Å². The molecule has 0 saturated heterocycles. The van der Waals surface area contributed by atoms with Gasteiger partial charge in [0.2, 0.25) is 0 Å². The van der Waals surface area contributed by atoms with Crippen molar-refractivity contribution >= 4 is 114 Å². The number of thiophene rings is 2. The van der Waals surface area contributed by atoms with Gasteiger partial charge in [-0.25, -0.2) is 0 Å². The van der Waals surface area contributed by atoms with Gasteiger partial charge in [-0.1, -0.05) is 103 Å². The Labute approximate surface area is 351 Å². The fourth-order valence-corrected chi connectivity index (χ4v) is 10.6. The number of hydrogen-bond acceptors (Lipinski definition) is 5. The summed E-state index contributed by atoms with van der Waals surface area (Å²) >= 11 is 3.71. The average molecular weight is 792 g/mol. The lowest BCUT2D eigenvalue weighted by Gasteiger charge is -2.27. The van der Waals surface area contributed by atoms with Crippen molar-refractivity contribution < 1.29 is 0 Å². The lowest BCUT2D eigenvalue weighted by atomic mass is 10.1. The van der Waals surface area contributed by atoms with Gasteiger partial charge >= 0.3 is 0 Å². The average Bonchev–Trinajstić information content (AvgIpc) is 3.86. The van der Waals surface area contributed by atoms with E-state index < -0.39 is 0 Å². The second-order valence-electron chi connectivity index (χ2n) is 14.6. The fraction of sp³-hybridized carbons (Fsp3) is 0. The summed E-state index contributed by atoms with van der Waals surface area (Å²) in [5.41, 5.74) is 10.2. The molecule has 0 spiro atoms.